The van der Waals surface area contributed by atoms with Crippen molar-refractivity contribution in [3.05, 3.63) is 83.9 Å². The minimum atomic E-state index is -0.127. The van der Waals surface area contributed by atoms with E-state index in [1.165, 1.54) is 20.3 Å². The summed E-state index contributed by atoms with van der Waals surface area (Å²) in [5.74, 6) is 0.927. The Labute approximate surface area is 198 Å². The third kappa shape index (κ3) is 4.43. The summed E-state index contributed by atoms with van der Waals surface area (Å²) in [5, 5.41) is 31.4. The van der Waals surface area contributed by atoms with Gasteiger partial charge in [-0.15, -0.1) is 0 Å². The van der Waals surface area contributed by atoms with Crippen LogP contribution in [0.5, 0.6) is 34.5 Å². The van der Waals surface area contributed by atoms with Crippen molar-refractivity contribution in [2.45, 2.75) is 13.5 Å². The number of phenolic OH excluding ortho intramolecular Hbond substituents is 3. The molecule has 4 rings (SSSR count). The van der Waals surface area contributed by atoms with E-state index in [1.54, 1.807) is 42.5 Å². The molecule has 0 aromatic heterocycles. The first-order chi connectivity index (χ1) is 16.4. The second-order valence-electron chi connectivity index (χ2n) is 7.83. The molecule has 174 valence electrons. The summed E-state index contributed by atoms with van der Waals surface area (Å²) >= 11 is 0. The van der Waals surface area contributed by atoms with Crippen LogP contribution in [0.2, 0.25) is 0 Å². The van der Waals surface area contributed by atoms with Gasteiger partial charge in [-0.25, -0.2) is 0 Å². The van der Waals surface area contributed by atoms with Crippen LogP contribution in [-0.4, -0.2) is 29.5 Å². The maximum Gasteiger partial charge on any atom is 0.170 e. The standard InChI is InChI=1S/C28H26O6/c1-17-6-4-5-7-20(17)16-34-24-13-10-19(14-23(24)30)26-25(32-2)15-22(28(33-3)27(26)31)18-8-11-21(29)12-9-18/h4-15,29-31H,16H2,1-3H3. The molecule has 4 aromatic rings. The predicted molar refractivity (Wildman–Crippen MR) is 131 cm³/mol. The van der Waals surface area contributed by atoms with Gasteiger partial charge in [0.15, 0.2) is 23.0 Å². The Morgan fingerprint density at radius 1 is 0.735 bits per heavy atom. The Balaban J connectivity index is 1.71. The summed E-state index contributed by atoms with van der Waals surface area (Å²) in [5.41, 5.74) is 4.38. The van der Waals surface area contributed by atoms with Crippen molar-refractivity contribution in [2.24, 2.45) is 0 Å². The van der Waals surface area contributed by atoms with E-state index < -0.39 is 0 Å². The average Bonchev–Trinajstić information content (AvgIpc) is 2.84. The van der Waals surface area contributed by atoms with E-state index in [-0.39, 0.29) is 23.0 Å². The first kappa shape index (κ1) is 22.9. The lowest BCUT2D eigenvalue weighted by Gasteiger charge is -2.18. The first-order valence-electron chi connectivity index (χ1n) is 10.7. The Morgan fingerprint density at radius 2 is 1.44 bits per heavy atom. The van der Waals surface area contributed by atoms with Crippen LogP contribution in [0.4, 0.5) is 0 Å². The van der Waals surface area contributed by atoms with Gasteiger partial charge in [0.1, 0.15) is 18.1 Å². The number of benzene rings is 4. The van der Waals surface area contributed by atoms with Gasteiger partial charge >= 0.3 is 0 Å². The lowest BCUT2D eigenvalue weighted by atomic mass is 9.96. The third-order valence-corrected chi connectivity index (χ3v) is 5.71. The van der Waals surface area contributed by atoms with Crippen LogP contribution in [0.3, 0.4) is 0 Å². The van der Waals surface area contributed by atoms with Crippen molar-refractivity contribution in [2.75, 3.05) is 14.2 Å². The van der Waals surface area contributed by atoms with Crippen molar-refractivity contribution in [1.82, 2.24) is 0 Å². The Kier molecular flexibility index (Phi) is 6.50. The lowest BCUT2D eigenvalue weighted by Crippen LogP contribution is -1.98. The van der Waals surface area contributed by atoms with Crippen LogP contribution in [0.25, 0.3) is 22.3 Å². The minimum absolute atomic E-state index is 0.0610. The molecule has 4 aromatic carbocycles. The van der Waals surface area contributed by atoms with E-state index in [4.69, 9.17) is 14.2 Å². The number of ether oxygens (including phenoxy) is 3. The molecule has 0 aliphatic carbocycles. The molecule has 0 aliphatic rings. The van der Waals surface area contributed by atoms with E-state index in [9.17, 15) is 15.3 Å². The van der Waals surface area contributed by atoms with Crippen molar-refractivity contribution in [3.63, 3.8) is 0 Å². The van der Waals surface area contributed by atoms with E-state index in [0.29, 0.717) is 34.8 Å². The molecule has 0 fully saturated rings. The second kappa shape index (κ2) is 9.67. The monoisotopic (exact) mass is 458 g/mol. The molecule has 6 heteroatoms. The average molecular weight is 459 g/mol. The van der Waals surface area contributed by atoms with Crippen molar-refractivity contribution < 1.29 is 29.5 Å². The van der Waals surface area contributed by atoms with Gasteiger partial charge in [-0.05, 0) is 59.5 Å². The molecule has 0 bridgehead atoms. The van der Waals surface area contributed by atoms with Crippen molar-refractivity contribution in [1.29, 1.82) is 0 Å². The van der Waals surface area contributed by atoms with Gasteiger partial charge in [0.2, 0.25) is 0 Å². The summed E-state index contributed by atoms with van der Waals surface area (Å²) in [7, 11) is 2.97. The maximum atomic E-state index is 11.1. The maximum absolute atomic E-state index is 11.1. The molecular weight excluding hydrogens is 432 g/mol. The van der Waals surface area contributed by atoms with Gasteiger partial charge in [0, 0.05) is 5.56 Å². The number of rotatable bonds is 7. The minimum Gasteiger partial charge on any atom is -0.508 e. The quantitative estimate of drug-likeness (QED) is 0.313. The molecular formula is C28H26O6. The highest BCUT2D eigenvalue weighted by Gasteiger charge is 2.22. The zero-order valence-corrected chi connectivity index (χ0v) is 19.2. The normalized spacial score (nSPS) is 10.7. The number of phenols is 3. The van der Waals surface area contributed by atoms with Crippen LogP contribution >= 0.6 is 0 Å². The summed E-state index contributed by atoms with van der Waals surface area (Å²) in [6, 6.07) is 21.1. The number of aromatic hydroxyl groups is 3. The van der Waals surface area contributed by atoms with Gasteiger partial charge < -0.3 is 29.5 Å². The fraction of sp³-hybridized carbons (Fsp3) is 0.143. The Morgan fingerprint density at radius 3 is 2.09 bits per heavy atom. The SMILES string of the molecule is COc1cc(-c2ccc(O)cc2)c(OC)c(O)c1-c1ccc(OCc2ccccc2C)c(O)c1. The van der Waals surface area contributed by atoms with Crippen LogP contribution in [0.1, 0.15) is 11.1 Å². The van der Waals surface area contributed by atoms with Gasteiger partial charge in [-0.1, -0.05) is 42.5 Å². The van der Waals surface area contributed by atoms with Crippen molar-refractivity contribution in [3.8, 4) is 56.8 Å². The molecule has 3 N–H and O–H groups in total. The highest BCUT2D eigenvalue weighted by atomic mass is 16.5. The molecule has 0 heterocycles. The second-order valence-corrected chi connectivity index (χ2v) is 7.83. The summed E-state index contributed by atoms with van der Waals surface area (Å²) < 4.78 is 16.9. The number of aryl methyl sites for hydroxylation is 1. The van der Waals surface area contributed by atoms with Gasteiger partial charge in [0.05, 0.1) is 19.8 Å². The van der Waals surface area contributed by atoms with Crippen LogP contribution in [-0.2, 0) is 6.61 Å². The third-order valence-electron chi connectivity index (χ3n) is 5.71. The number of hydrogen-bond acceptors (Lipinski definition) is 6. The number of methoxy groups -OCH3 is 2. The largest absolute Gasteiger partial charge is 0.508 e. The molecule has 0 unspecified atom stereocenters. The molecule has 6 nitrogen and oxygen atoms in total. The first-order valence-corrected chi connectivity index (χ1v) is 10.7. The van der Waals surface area contributed by atoms with Gasteiger partial charge in [-0.2, -0.15) is 0 Å². The smallest absolute Gasteiger partial charge is 0.170 e. The molecule has 0 saturated heterocycles. The summed E-state index contributed by atoms with van der Waals surface area (Å²) in [6.45, 7) is 2.33. The zero-order valence-electron chi connectivity index (χ0n) is 19.2. The fourth-order valence-electron chi connectivity index (χ4n) is 3.85. The topological polar surface area (TPSA) is 88.4 Å². The van der Waals surface area contributed by atoms with Gasteiger partial charge in [-0.3, -0.25) is 0 Å². The molecule has 0 atom stereocenters. The van der Waals surface area contributed by atoms with Gasteiger partial charge in [0.25, 0.3) is 0 Å². The molecule has 0 amide bonds. The molecule has 0 aliphatic heterocycles. The van der Waals surface area contributed by atoms with E-state index in [0.717, 1.165) is 16.7 Å². The zero-order chi connectivity index (χ0) is 24.2. The van der Waals surface area contributed by atoms with Crippen LogP contribution in [0, 0.1) is 6.92 Å². The molecule has 0 spiro atoms. The number of hydrogen-bond donors (Lipinski definition) is 3. The molecule has 34 heavy (non-hydrogen) atoms. The predicted octanol–water partition coefficient (Wildman–Crippen LogP) is 6.04. The summed E-state index contributed by atoms with van der Waals surface area (Å²) in [6.07, 6.45) is 0. The molecule has 0 saturated carbocycles. The fourth-order valence-corrected chi connectivity index (χ4v) is 3.85. The highest BCUT2D eigenvalue weighted by Crippen LogP contribution is 2.50. The van der Waals surface area contributed by atoms with Crippen LogP contribution in [0.15, 0.2) is 72.8 Å². The Bertz CT molecular complexity index is 1310. The Hall–Kier alpha value is -4.32. The van der Waals surface area contributed by atoms with Crippen LogP contribution < -0.4 is 14.2 Å². The van der Waals surface area contributed by atoms with E-state index in [1.807, 2.05) is 31.2 Å². The lowest BCUT2D eigenvalue weighted by molar-refractivity contribution is 0.288. The highest BCUT2D eigenvalue weighted by molar-refractivity contribution is 5.88. The molecule has 0 radical (unpaired) electrons. The van der Waals surface area contributed by atoms with Crippen molar-refractivity contribution >= 4 is 0 Å². The van der Waals surface area contributed by atoms with E-state index >= 15 is 0 Å². The van der Waals surface area contributed by atoms with E-state index in [2.05, 4.69) is 0 Å². The summed E-state index contributed by atoms with van der Waals surface area (Å²) in [4.78, 5) is 0.